The molecule has 0 unspecified atom stereocenters. The summed E-state index contributed by atoms with van der Waals surface area (Å²) in [7, 11) is 0. The molecule has 0 saturated heterocycles. The first-order valence-electron chi connectivity index (χ1n) is 6.00. The number of thiazole rings is 1. The number of carbonyl (C=O) groups excluding carboxylic acids is 1. The van der Waals surface area contributed by atoms with E-state index < -0.39 is 11.7 Å². The number of nitrogens with zero attached hydrogens (tertiary/aromatic N) is 1. The Bertz CT molecular complexity index is 821. The SMILES string of the molecule is O=C(NNc1nc2ccc(Cl)cc2s1)c1cccc(F)c1. The van der Waals surface area contributed by atoms with E-state index >= 15 is 0 Å². The van der Waals surface area contributed by atoms with Gasteiger partial charge in [-0.15, -0.1) is 0 Å². The average molecular weight is 322 g/mol. The van der Waals surface area contributed by atoms with Gasteiger partial charge in [0, 0.05) is 10.6 Å². The number of hydrogen-bond acceptors (Lipinski definition) is 4. The molecule has 2 aromatic carbocycles. The van der Waals surface area contributed by atoms with Crippen LogP contribution in [0.5, 0.6) is 0 Å². The predicted molar refractivity (Wildman–Crippen MR) is 82.1 cm³/mol. The van der Waals surface area contributed by atoms with Crippen molar-refractivity contribution < 1.29 is 9.18 Å². The van der Waals surface area contributed by atoms with Gasteiger partial charge in [0.15, 0.2) is 0 Å². The Balaban J connectivity index is 1.72. The molecule has 2 N–H and O–H groups in total. The molecule has 7 heteroatoms. The lowest BCUT2D eigenvalue weighted by molar-refractivity contribution is 0.0962. The van der Waals surface area contributed by atoms with Gasteiger partial charge in [-0.05, 0) is 36.4 Å². The van der Waals surface area contributed by atoms with Crippen molar-refractivity contribution in [3.63, 3.8) is 0 Å². The highest BCUT2D eigenvalue weighted by Crippen LogP contribution is 2.27. The molecule has 1 amide bonds. The quantitative estimate of drug-likeness (QED) is 0.720. The predicted octanol–water partition coefficient (Wildman–Crippen LogP) is 3.85. The average Bonchev–Trinajstić information content (AvgIpc) is 2.86. The van der Waals surface area contributed by atoms with Crippen LogP contribution in [0.2, 0.25) is 5.02 Å². The lowest BCUT2D eigenvalue weighted by atomic mass is 10.2. The largest absolute Gasteiger partial charge is 0.273 e. The molecule has 0 saturated carbocycles. The number of fused-ring (bicyclic) bond motifs is 1. The second-order valence-corrected chi connectivity index (χ2v) is 5.69. The van der Waals surface area contributed by atoms with Crippen LogP contribution < -0.4 is 10.9 Å². The lowest BCUT2D eigenvalue weighted by Gasteiger charge is -2.05. The van der Waals surface area contributed by atoms with E-state index in [-0.39, 0.29) is 5.56 Å². The Kier molecular flexibility index (Phi) is 3.72. The van der Waals surface area contributed by atoms with Gasteiger partial charge in [-0.1, -0.05) is 29.0 Å². The smallest absolute Gasteiger partial charge is 0.269 e. The molecular formula is C14H9ClFN3OS. The summed E-state index contributed by atoms with van der Waals surface area (Å²) in [6.45, 7) is 0. The molecule has 21 heavy (non-hydrogen) atoms. The van der Waals surface area contributed by atoms with Crippen LogP contribution in [0.4, 0.5) is 9.52 Å². The normalized spacial score (nSPS) is 10.6. The number of rotatable bonds is 3. The first-order chi connectivity index (χ1) is 10.1. The van der Waals surface area contributed by atoms with Gasteiger partial charge in [-0.3, -0.25) is 15.6 Å². The molecule has 0 bridgehead atoms. The van der Waals surface area contributed by atoms with E-state index in [4.69, 9.17) is 11.6 Å². The molecule has 0 spiro atoms. The highest BCUT2D eigenvalue weighted by atomic mass is 35.5. The number of anilines is 1. The molecule has 106 valence electrons. The monoisotopic (exact) mass is 321 g/mol. The van der Waals surface area contributed by atoms with E-state index in [9.17, 15) is 9.18 Å². The summed E-state index contributed by atoms with van der Waals surface area (Å²) in [4.78, 5) is 16.2. The maximum atomic E-state index is 13.0. The number of amides is 1. The van der Waals surface area contributed by atoms with Gasteiger partial charge in [0.05, 0.1) is 10.2 Å². The summed E-state index contributed by atoms with van der Waals surface area (Å²) in [5, 5.41) is 1.15. The lowest BCUT2D eigenvalue weighted by Crippen LogP contribution is -2.29. The summed E-state index contributed by atoms with van der Waals surface area (Å²) in [6, 6.07) is 10.8. The van der Waals surface area contributed by atoms with E-state index in [0.29, 0.717) is 10.2 Å². The zero-order valence-corrected chi connectivity index (χ0v) is 12.1. The molecule has 4 nitrogen and oxygen atoms in total. The molecular weight excluding hydrogens is 313 g/mol. The van der Waals surface area contributed by atoms with Crippen molar-refractivity contribution >= 4 is 44.2 Å². The minimum absolute atomic E-state index is 0.228. The maximum Gasteiger partial charge on any atom is 0.269 e. The Morgan fingerprint density at radius 3 is 2.90 bits per heavy atom. The highest BCUT2D eigenvalue weighted by molar-refractivity contribution is 7.22. The van der Waals surface area contributed by atoms with Crippen molar-refractivity contribution in [2.75, 3.05) is 5.43 Å². The van der Waals surface area contributed by atoms with Crippen molar-refractivity contribution in [3.05, 3.63) is 58.9 Å². The number of carbonyl (C=O) groups is 1. The molecule has 0 atom stereocenters. The fourth-order valence-corrected chi connectivity index (χ4v) is 2.86. The molecule has 1 heterocycles. The van der Waals surface area contributed by atoms with Crippen LogP contribution in [0.25, 0.3) is 10.2 Å². The van der Waals surface area contributed by atoms with Crippen molar-refractivity contribution in [1.29, 1.82) is 0 Å². The number of aromatic nitrogens is 1. The minimum atomic E-state index is -0.461. The van der Waals surface area contributed by atoms with Crippen LogP contribution in [-0.4, -0.2) is 10.9 Å². The number of halogens is 2. The topological polar surface area (TPSA) is 54.0 Å². The van der Waals surface area contributed by atoms with Crippen molar-refractivity contribution in [1.82, 2.24) is 10.4 Å². The number of benzene rings is 2. The Morgan fingerprint density at radius 2 is 2.10 bits per heavy atom. The molecule has 0 aliphatic heterocycles. The molecule has 0 aliphatic rings. The zero-order chi connectivity index (χ0) is 14.8. The molecule has 1 aromatic heterocycles. The van der Waals surface area contributed by atoms with E-state index in [1.807, 2.05) is 0 Å². The van der Waals surface area contributed by atoms with Gasteiger partial charge in [-0.2, -0.15) is 0 Å². The third-order valence-corrected chi connectivity index (χ3v) is 3.89. The first-order valence-corrected chi connectivity index (χ1v) is 7.19. The van der Waals surface area contributed by atoms with Crippen LogP contribution in [0.1, 0.15) is 10.4 Å². The Labute approximate surface area is 128 Å². The first kappa shape index (κ1) is 13.8. The molecule has 0 aliphatic carbocycles. The van der Waals surface area contributed by atoms with Crippen molar-refractivity contribution in [2.24, 2.45) is 0 Å². The third kappa shape index (κ3) is 3.12. The fourth-order valence-electron chi connectivity index (χ4n) is 1.76. The van der Waals surface area contributed by atoms with Gasteiger partial charge in [0.2, 0.25) is 5.13 Å². The Hall–Kier alpha value is -2.18. The van der Waals surface area contributed by atoms with E-state index in [1.54, 1.807) is 18.2 Å². The summed E-state index contributed by atoms with van der Waals surface area (Å²) in [5.74, 6) is -0.899. The molecule has 3 rings (SSSR count). The standard InChI is InChI=1S/C14H9ClFN3OS/c15-9-4-5-11-12(7-9)21-14(17-11)19-18-13(20)8-2-1-3-10(16)6-8/h1-7H,(H,17,19)(H,18,20). The molecule has 3 aromatic rings. The van der Waals surface area contributed by atoms with Crippen molar-refractivity contribution in [3.8, 4) is 0 Å². The van der Waals surface area contributed by atoms with Crippen LogP contribution in [0, 0.1) is 5.82 Å². The summed E-state index contributed by atoms with van der Waals surface area (Å²) in [6.07, 6.45) is 0. The summed E-state index contributed by atoms with van der Waals surface area (Å²) >= 11 is 7.26. The summed E-state index contributed by atoms with van der Waals surface area (Å²) < 4.78 is 14.0. The van der Waals surface area contributed by atoms with Gasteiger partial charge in [0.25, 0.3) is 5.91 Å². The van der Waals surface area contributed by atoms with Gasteiger partial charge in [0.1, 0.15) is 5.82 Å². The minimum Gasteiger partial charge on any atom is -0.273 e. The highest BCUT2D eigenvalue weighted by Gasteiger charge is 2.08. The maximum absolute atomic E-state index is 13.0. The molecule has 0 radical (unpaired) electrons. The third-order valence-electron chi connectivity index (χ3n) is 2.72. The second kappa shape index (κ2) is 5.67. The van der Waals surface area contributed by atoms with E-state index in [1.165, 1.54) is 29.5 Å². The van der Waals surface area contributed by atoms with E-state index in [2.05, 4.69) is 15.8 Å². The van der Waals surface area contributed by atoms with E-state index in [0.717, 1.165) is 16.3 Å². The van der Waals surface area contributed by atoms with Gasteiger partial charge >= 0.3 is 0 Å². The van der Waals surface area contributed by atoms with Gasteiger partial charge < -0.3 is 0 Å². The van der Waals surface area contributed by atoms with Gasteiger partial charge in [-0.25, -0.2) is 9.37 Å². The Morgan fingerprint density at radius 1 is 1.24 bits per heavy atom. The van der Waals surface area contributed by atoms with Crippen LogP contribution in [0.3, 0.4) is 0 Å². The number of nitrogens with one attached hydrogen (secondary N) is 2. The number of hydrogen-bond donors (Lipinski definition) is 2. The van der Waals surface area contributed by atoms with Crippen LogP contribution in [0.15, 0.2) is 42.5 Å². The zero-order valence-electron chi connectivity index (χ0n) is 10.6. The van der Waals surface area contributed by atoms with Crippen LogP contribution >= 0.6 is 22.9 Å². The second-order valence-electron chi connectivity index (χ2n) is 4.22. The van der Waals surface area contributed by atoms with Crippen molar-refractivity contribution in [2.45, 2.75) is 0 Å². The summed E-state index contributed by atoms with van der Waals surface area (Å²) in [5.41, 5.74) is 6.20. The van der Waals surface area contributed by atoms with Crippen LogP contribution in [-0.2, 0) is 0 Å². The fraction of sp³-hybridized carbons (Fsp3) is 0. The molecule has 0 fully saturated rings. The number of hydrazine groups is 1.